The number of furan rings is 1. The number of piperidine rings is 1. The highest BCUT2D eigenvalue weighted by atomic mass is 16.3. The third-order valence-electron chi connectivity index (χ3n) is 7.42. The molecule has 10 nitrogen and oxygen atoms in total. The molecular weight excluding hydrogens is 494 g/mol. The molecule has 2 aromatic rings. The summed E-state index contributed by atoms with van der Waals surface area (Å²) in [7, 11) is 3.69. The number of amidine groups is 1. The molecule has 0 spiro atoms. The van der Waals surface area contributed by atoms with Gasteiger partial charge in [0.2, 0.25) is 5.91 Å². The van der Waals surface area contributed by atoms with Crippen LogP contribution in [-0.2, 0) is 9.59 Å². The fourth-order valence-corrected chi connectivity index (χ4v) is 5.00. The van der Waals surface area contributed by atoms with Gasteiger partial charge in [0.05, 0.1) is 11.3 Å². The van der Waals surface area contributed by atoms with Crippen molar-refractivity contribution in [3.63, 3.8) is 0 Å². The summed E-state index contributed by atoms with van der Waals surface area (Å²) >= 11 is 0. The Morgan fingerprint density at radius 2 is 1.97 bits per heavy atom. The van der Waals surface area contributed by atoms with Gasteiger partial charge in [-0.05, 0) is 58.7 Å². The van der Waals surface area contributed by atoms with Gasteiger partial charge < -0.3 is 25.8 Å². The van der Waals surface area contributed by atoms with Crippen molar-refractivity contribution < 1.29 is 14.0 Å². The molecule has 4 rings (SSSR count). The first kappa shape index (κ1) is 28.1. The van der Waals surface area contributed by atoms with Crippen molar-refractivity contribution in [2.45, 2.75) is 51.6 Å². The van der Waals surface area contributed by atoms with Crippen LogP contribution >= 0.6 is 0 Å². The normalized spacial score (nSPS) is 17.6. The Morgan fingerprint density at radius 3 is 2.62 bits per heavy atom. The van der Waals surface area contributed by atoms with Gasteiger partial charge in [-0.2, -0.15) is 5.10 Å². The third kappa shape index (κ3) is 6.57. The maximum atomic E-state index is 12.8. The van der Waals surface area contributed by atoms with Crippen molar-refractivity contribution >= 4 is 40.4 Å². The molecule has 1 aliphatic carbocycles. The molecule has 1 saturated heterocycles. The Hall–Kier alpha value is -3.92. The maximum absolute atomic E-state index is 12.8. The Labute approximate surface area is 229 Å². The van der Waals surface area contributed by atoms with Crippen molar-refractivity contribution in [1.29, 1.82) is 5.41 Å². The molecule has 2 fully saturated rings. The van der Waals surface area contributed by atoms with E-state index < -0.39 is 0 Å². The number of carbonyl (C=O) groups is 2. The molecule has 39 heavy (non-hydrogen) atoms. The molecule has 208 valence electrons. The number of benzene rings is 1. The van der Waals surface area contributed by atoms with Crippen LogP contribution in [0, 0.1) is 19.3 Å². The summed E-state index contributed by atoms with van der Waals surface area (Å²) in [5, 5.41) is 16.9. The number of carbonyl (C=O) groups excluding carboxylic acids is 2. The maximum Gasteiger partial charge on any atom is 0.246 e. The molecule has 1 aromatic carbocycles. The molecule has 1 aliphatic heterocycles. The number of nitrogens with zero attached hydrogens (tertiary/aromatic N) is 3. The Kier molecular flexibility index (Phi) is 8.86. The number of nitrogens with one attached hydrogen (secondary N) is 3. The molecule has 0 radical (unpaired) electrons. The standard InChI is InChI=1S/C29H39N7O3/c1-18-7-10-24-22(16-18)19(2)28(39-24)27(26(23(30)17-37)29(31)34-32-3)33-20-11-14-36(15-12-20)25(38)6-5-13-35(4)21-8-9-21/h5-7,10,16-17,20-21,30,32-33H,8-9,11-15H2,1-4H3,(H2,31,34)/b6-5+,27-26+,30-23?. The highest BCUT2D eigenvalue weighted by Gasteiger charge is 2.28. The second kappa shape index (κ2) is 12.3. The van der Waals surface area contributed by atoms with E-state index in [4.69, 9.17) is 15.6 Å². The number of amides is 1. The van der Waals surface area contributed by atoms with E-state index in [-0.39, 0.29) is 29.1 Å². The average molecular weight is 534 g/mol. The highest BCUT2D eigenvalue weighted by Crippen LogP contribution is 2.32. The molecule has 2 aliphatic rings. The van der Waals surface area contributed by atoms with Gasteiger partial charge in [-0.1, -0.05) is 17.7 Å². The number of hydrogen-bond donors (Lipinski definition) is 4. The van der Waals surface area contributed by atoms with Crippen LogP contribution in [0.4, 0.5) is 0 Å². The monoisotopic (exact) mass is 533 g/mol. The lowest BCUT2D eigenvalue weighted by molar-refractivity contribution is -0.127. The number of aryl methyl sites for hydroxylation is 2. The fraction of sp³-hybridized carbons (Fsp3) is 0.448. The molecule has 0 atom stereocenters. The fourth-order valence-electron chi connectivity index (χ4n) is 5.00. The second-order valence-electron chi connectivity index (χ2n) is 10.4. The van der Waals surface area contributed by atoms with Crippen molar-refractivity contribution in [2.75, 3.05) is 33.7 Å². The first-order valence-corrected chi connectivity index (χ1v) is 13.4. The van der Waals surface area contributed by atoms with Gasteiger partial charge in [0.25, 0.3) is 0 Å². The van der Waals surface area contributed by atoms with Gasteiger partial charge in [0.15, 0.2) is 17.9 Å². The Balaban J connectivity index is 1.57. The second-order valence-corrected chi connectivity index (χ2v) is 10.4. The van der Waals surface area contributed by atoms with Crippen LogP contribution in [0.15, 0.2) is 45.4 Å². The molecule has 1 saturated carbocycles. The van der Waals surface area contributed by atoms with Crippen LogP contribution in [0.1, 0.15) is 42.6 Å². The van der Waals surface area contributed by atoms with Gasteiger partial charge in [-0.25, -0.2) is 0 Å². The SMILES string of the molecule is CN/N=C(N)\C(C(=N)C=O)=C(\NC1CCN(C(=O)/C=C/CN(C)C2CC2)CC1)c1oc2ccc(C)cc2c1C. The van der Waals surface area contributed by atoms with Crippen LogP contribution < -0.4 is 16.5 Å². The molecule has 5 N–H and O–H groups in total. The Morgan fingerprint density at radius 1 is 1.26 bits per heavy atom. The summed E-state index contributed by atoms with van der Waals surface area (Å²) in [5.41, 5.74) is 11.9. The number of aldehydes is 1. The third-order valence-corrected chi connectivity index (χ3v) is 7.42. The molecule has 1 amide bonds. The highest BCUT2D eigenvalue weighted by molar-refractivity contribution is 6.45. The van der Waals surface area contributed by atoms with E-state index in [0.717, 1.165) is 23.1 Å². The van der Waals surface area contributed by atoms with Gasteiger partial charge in [0, 0.05) is 55.8 Å². The van der Waals surface area contributed by atoms with Gasteiger partial charge in [-0.3, -0.25) is 19.9 Å². The van der Waals surface area contributed by atoms with Crippen molar-refractivity contribution in [3.8, 4) is 0 Å². The van der Waals surface area contributed by atoms with E-state index in [9.17, 15) is 9.59 Å². The van der Waals surface area contributed by atoms with Crippen LogP contribution in [0.5, 0.6) is 0 Å². The smallest absolute Gasteiger partial charge is 0.246 e. The Bertz CT molecular complexity index is 1330. The first-order chi connectivity index (χ1) is 18.7. The first-order valence-electron chi connectivity index (χ1n) is 13.4. The number of likely N-dealkylation sites (N-methyl/N-ethyl adjacent to an activating group) is 1. The molecule has 0 bridgehead atoms. The summed E-state index contributed by atoms with van der Waals surface area (Å²) in [6.07, 6.45) is 7.93. The zero-order valence-corrected chi connectivity index (χ0v) is 23.2. The summed E-state index contributed by atoms with van der Waals surface area (Å²) < 4.78 is 6.26. The van der Waals surface area contributed by atoms with Crippen LogP contribution in [0.2, 0.25) is 0 Å². The van der Waals surface area contributed by atoms with Crippen molar-refractivity contribution in [2.24, 2.45) is 10.8 Å². The summed E-state index contributed by atoms with van der Waals surface area (Å²) in [6.45, 7) is 5.92. The number of hydrazone groups is 1. The van der Waals surface area contributed by atoms with Gasteiger partial charge >= 0.3 is 0 Å². The summed E-state index contributed by atoms with van der Waals surface area (Å²) in [6, 6.07) is 6.56. The summed E-state index contributed by atoms with van der Waals surface area (Å²) in [4.78, 5) is 28.7. The topological polar surface area (TPSA) is 140 Å². The van der Waals surface area contributed by atoms with E-state index in [1.165, 1.54) is 12.8 Å². The molecule has 0 unspecified atom stereocenters. The predicted octanol–water partition coefficient (Wildman–Crippen LogP) is 2.70. The number of nitrogens with two attached hydrogens (primary N) is 1. The number of likely N-dealkylation sites (tertiary alicyclic amines) is 1. The van der Waals surface area contributed by atoms with Gasteiger partial charge in [0.1, 0.15) is 11.3 Å². The van der Waals surface area contributed by atoms with E-state index >= 15 is 0 Å². The van der Waals surface area contributed by atoms with Crippen molar-refractivity contribution in [1.82, 2.24) is 20.5 Å². The van der Waals surface area contributed by atoms with E-state index in [2.05, 4.69) is 27.8 Å². The van der Waals surface area contributed by atoms with Crippen LogP contribution in [-0.4, -0.2) is 79.4 Å². The van der Waals surface area contributed by atoms with Crippen LogP contribution in [0.25, 0.3) is 16.7 Å². The molecule has 2 heterocycles. The predicted molar refractivity (Wildman–Crippen MR) is 155 cm³/mol. The van der Waals surface area contributed by atoms with E-state index in [1.54, 1.807) is 13.1 Å². The zero-order chi connectivity index (χ0) is 28.1. The molecule has 10 heteroatoms. The lowest BCUT2D eigenvalue weighted by Crippen LogP contribution is -2.44. The average Bonchev–Trinajstić information content (AvgIpc) is 3.73. The zero-order valence-electron chi connectivity index (χ0n) is 23.2. The number of fused-ring (bicyclic) bond motifs is 1. The minimum absolute atomic E-state index is 0.00190. The van der Waals surface area contributed by atoms with Crippen molar-refractivity contribution in [3.05, 3.63) is 52.8 Å². The number of hydrogen-bond acceptors (Lipinski definition) is 8. The molecular formula is C29H39N7O3. The van der Waals surface area contributed by atoms with E-state index in [1.807, 2.05) is 43.0 Å². The largest absolute Gasteiger partial charge is 0.454 e. The lowest BCUT2D eigenvalue weighted by atomic mass is 9.99. The molecule has 1 aromatic heterocycles. The minimum atomic E-state index is -0.307. The van der Waals surface area contributed by atoms with Gasteiger partial charge in [-0.15, -0.1) is 0 Å². The minimum Gasteiger partial charge on any atom is -0.454 e. The quantitative estimate of drug-likeness (QED) is 0.114. The van der Waals surface area contributed by atoms with E-state index in [0.29, 0.717) is 55.3 Å². The number of rotatable bonds is 11. The summed E-state index contributed by atoms with van der Waals surface area (Å²) in [5.74, 6) is 0.528. The van der Waals surface area contributed by atoms with Crippen LogP contribution in [0.3, 0.4) is 0 Å². The lowest BCUT2D eigenvalue weighted by Gasteiger charge is -2.33.